The van der Waals surface area contributed by atoms with Crippen LogP contribution >= 0.6 is 0 Å². The van der Waals surface area contributed by atoms with Crippen LogP contribution in [0.2, 0.25) is 0 Å². The van der Waals surface area contributed by atoms with Gasteiger partial charge in [-0.1, -0.05) is 18.2 Å². The van der Waals surface area contributed by atoms with Gasteiger partial charge in [0.15, 0.2) is 5.78 Å². The molecule has 1 N–H and O–H groups in total. The van der Waals surface area contributed by atoms with Gasteiger partial charge >= 0.3 is 12.1 Å². The Balaban J connectivity index is 1.91. The topological polar surface area (TPSA) is 98.8 Å². The third-order valence-corrected chi connectivity index (χ3v) is 7.12. The van der Waals surface area contributed by atoms with Gasteiger partial charge in [0.25, 0.3) is 0 Å². The Kier molecular flexibility index (Phi) is 7.07. The van der Waals surface area contributed by atoms with E-state index in [1.54, 1.807) is 32.9 Å². The third kappa shape index (κ3) is 5.51. The van der Waals surface area contributed by atoms with Crippen molar-refractivity contribution in [3.8, 4) is 5.75 Å². The molecule has 0 saturated heterocycles. The molecule has 190 valence electrons. The summed E-state index contributed by atoms with van der Waals surface area (Å²) in [5.41, 5.74) is -3.17. The number of ketones is 1. The lowest BCUT2D eigenvalue weighted by molar-refractivity contribution is -0.164. The van der Waals surface area contributed by atoms with Crippen LogP contribution in [-0.2, 0) is 32.2 Å². The number of hydrogen-bond acceptors (Lipinski definition) is 6. The van der Waals surface area contributed by atoms with Gasteiger partial charge in [0.2, 0.25) is 10.0 Å². The molecule has 0 spiro atoms. The Bertz CT molecular complexity index is 1250. The van der Waals surface area contributed by atoms with E-state index >= 15 is 0 Å². The zero-order valence-electron chi connectivity index (χ0n) is 19.7. The molecule has 1 atom stereocenters. The highest BCUT2D eigenvalue weighted by atomic mass is 32.2. The molecule has 0 heterocycles. The second-order valence-electron chi connectivity index (χ2n) is 9.25. The number of ether oxygens (including phenoxy) is 2. The van der Waals surface area contributed by atoms with Gasteiger partial charge in [0.05, 0.1) is 17.6 Å². The van der Waals surface area contributed by atoms with E-state index in [-0.39, 0.29) is 18.4 Å². The molecule has 0 aliphatic heterocycles. The average molecular weight is 514 g/mol. The molecule has 1 aliphatic rings. The molecule has 0 bridgehead atoms. The zero-order chi connectivity index (χ0) is 26.2. The molecule has 7 nitrogen and oxygen atoms in total. The van der Waals surface area contributed by atoms with Crippen LogP contribution < -0.4 is 9.46 Å². The minimum Gasteiger partial charge on any atom is -0.497 e. The highest BCUT2D eigenvalue weighted by Crippen LogP contribution is 2.43. The first-order chi connectivity index (χ1) is 16.1. The van der Waals surface area contributed by atoms with Gasteiger partial charge in [0, 0.05) is 12.1 Å². The standard InChI is InChI=1S/C24H26F3NO6S/c1-22(2,3)34-21(30)23(14-15-9-10-16(33-4)13-17(15)20(23)29)11-12-28-35(31,32)19-8-6-5-7-18(19)24(25,26)27/h5-10,13,28H,11-12,14H2,1-4H3/t23-/m1/s1. The van der Waals surface area contributed by atoms with Crippen LogP contribution in [-0.4, -0.2) is 39.4 Å². The molecule has 0 radical (unpaired) electrons. The summed E-state index contributed by atoms with van der Waals surface area (Å²) < 4.78 is 78.2. The highest BCUT2D eigenvalue weighted by molar-refractivity contribution is 7.89. The quantitative estimate of drug-likeness (QED) is 0.441. The summed E-state index contributed by atoms with van der Waals surface area (Å²) in [4.78, 5) is 25.7. The van der Waals surface area contributed by atoms with E-state index in [1.165, 1.54) is 19.2 Å². The van der Waals surface area contributed by atoms with Gasteiger partial charge in [0.1, 0.15) is 16.8 Å². The predicted octanol–water partition coefficient (Wildman–Crippen LogP) is 4.15. The first kappa shape index (κ1) is 26.7. The summed E-state index contributed by atoms with van der Waals surface area (Å²) in [5.74, 6) is -0.989. The van der Waals surface area contributed by atoms with Crippen molar-refractivity contribution in [1.29, 1.82) is 0 Å². The number of sulfonamides is 1. The molecule has 3 rings (SSSR count). The number of Topliss-reactive ketones (excluding diaryl/α,β-unsaturated/α-hetero) is 1. The number of carbonyl (C=O) groups excluding carboxylic acids is 2. The Morgan fingerprint density at radius 2 is 1.77 bits per heavy atom. The predicted molar refractivity (Wildman–Crippen MR) is 121 cm³/mol. The number of rotatable bonds is 7. The lowest BCUT2D eigenvalue weighted by atomic mass is 9.80. The second kappa shape index (κ2) is 9.27. The maximum Gasteiger partial charge on any atom is 0.417 e. The number of nitrogens with one attached hydrogen (secondary N) is 1. The molecule has 11 heteroatoms. The van der Waals surface area contributed by atoms with Gasteiger partial charge in [-0.3, -0.25) is 9.59 Å². The molecule has 1 aliphatic carbocycles. The molecule has 35 heavy (non-hydrogen) atoms. The van der Waals surface area contributed by atoms with Gasteiger partial charge in [-0.05, 0) is 63.4 Å². The van der Waals surface area contributed by atoms with E-state index < -0.39 is 56.0 Å². The second-order valence-corrected chi connectivity index (χ2v) is 11.0. The lowest BCUT2D eigenvalue weighted by Crippen LogP contribution is -2.44. The van der Waals surface area contributed by atoms with Gasteiger partial charge in [-0.15, -0.1) is 0 Å². The van der Waals surface area contributed by atoms with Crippen LogP contribution in [0.5, 0.6) is 5.75 Å². The van der Waals surface area contributed by atoms with Crippen LogP contribution in [0.1, 0.15) is 48.7 Å². The monoisotopic (exact) mass is 513 g/mol. The number of alkyl halides is 3. The van der Waals surface area contributed by atoms with Crippen LogP contribution in [0.3, 0.4) is 0 Å². The first-order valence-corrected chi connectivity index (χ1v) is 12.2. The number of methoxy groups -OCH3 is 1. The fourth-order valence-electron chi connectivity index (χ4n) is 3.97. The van der Waals surface area contributed by atoms with Crippen LogP contribution in [0.25, 0.3) is 0 Å². The summed E-state index contributed by atoms with van der Waals surface area (Å²) in [6, 6.07) is 8.54. The molecular formula is C24H26F3NO6S. The zero-order valence-corrected chi connectivity index (χ0v) is 20.5. The van der Waals surface area contributed by atoms with E-state index in [0.717, 1.165) is 12.1 Å². The van der Waals surface area contributed by atoms with Gasteiger partial charge in [-0.25, -0.2) is 13.1 Å². The first-order valence-electron chi connectivity index (χ1n) is 10.7. The van der Waals surface area contributed by atoms with Crippen molar-refractivity contribution in [2.24, 2.45) is 5.41 Å². The van der Waals surface area contributed by atoms with Crippen molar-refractivity contribution in [3.63, 3.8) is 0 Å². The number of benzene rings is 2. The van der Waals surface area contributed by atoms with Crippen molar-refractivity contribution in [2.45, 2.75) is 50.3 Å². The molecular weight excluding hydrogens is 487 g/mol. The smallest absolute Gasteiger partial charge is 0.417 e. The van der Waals surface area contributed by atoms with Crippen molar-refractivity contribution in [3.05, 3.63) is 59.2 Å². The number of hydrogen-bond donors (Lipinski definition) is 1. The maximum absolute atomic E-state index is 13.4. The molecule has 0 saturated carbocycles. The van der Waals surface area contributed by atoms with Crippen molar-refractivity contribution < 1.29 is 40.7 Å². The molecule has 0 amide bonds. The Labute approximate surface area is 201 Å². The van der Waals surface area contributed by atoms with E-state index in [4.69, 9.17) is 9.47 Å². The fraction of sp³-hybridized carbons (Fsp3) is 0.417. The average Bonchev–Trinajstić information content (AvgIpc) is 3.04. The minimum absolute atomic E-state index is 0.0407. The van der Waals surface area contributed by atoms with Crippen LogP contribution in [0, 0.1) is 5.41 Å². The Hall–Kier alpha value is -2.92. The molecule has 0 aromatic heterocycles. The number of fused-ring (bicyclic) bond motifs is 1. The van der Waals surface area contributed by atoms with E-state index in [9.17, 15) is 31.2 Å². The van der Waals surface area contributed by atoms with Crippen molar-refractivity contribution in [1.82, 2.24) is 4.72 Å². The Morgan fingerprint density at radius 3 is 2.37 bits per heavy atom. The van der Waals surface area contributed by atoms with E-state index in [0.29, 0.717) is 17.4 Å². The number of esters is 1. The van der Waals surface area contributed by atoms with Crippen molar-refractivity contribution in [2.75, 3.05) is 13.7 Å². The summed E-state index contributed by atoms with van der Waals surface area (Å²) in [6.45, 7) is 4.42. The van der Waals surface area contributed by atoms with Crippen LogP contribution in [0.15, 0.2) is 47.4 Å². The molecule has 0 unspecified atom stereocenters. The summed E-state index contributed by atoms with van der Waals surface area (Å²) in [5, 5.41) is 0. The molecule has 2 aromatic carbocycles. The number of carbonyl (C=O) groups is 2. The maximum atomic E-state index is 13.4. The number of halogens is 3. The van der Waals surface area contributed by atoms with Crippen LogP contribution in [0.4, 0.5) is 13.2 Å². The SMILES string of the molecule is COc1ccc2c(c1)C(=O)[C@](CCNS(=O)(=O)c1ccccc1C(F)(F)F)(C(=O)OC(C)(C)C)C2. The third-order valence-electron chi connectivity index (χ3n) is 5.60. The highest BCUT2D eigenvalue weighted by Gasteiger charge is 2.53. The van der Waals surface area contributed by atoms with Crippen molar-refractivity contribution >= 4 is 21.8 Å². The summed E-state index contributed by atoms with van der Waals surface area (Å²) >= 11 is 0. The Morgan fingerprint density at radius 1 is 1.11 bits per heavy atom. The fourth-order valence-corrected chi connectivity index (χ4v) is 5.22. The lowest BCUT2D eigenvalue weighted by Gasteiger charge is -2.30. The normalized spacial score (nSPS) is 18.3. The molecule has 0 fully saturated rings. The van der Waals surface area contributed by atoms with E-state index in [2.05, 4.69) is 4.72 Å². The van der Waals surface area contributed by atoms with E-state index in [1.807, 2.05) is 0 Å². The molecule has 2 aromatic rings. The summed E-state index contributed by atoms with van der Waals surface area (Å²) in [6.07, 6.45) is -5.24. The van der Waals surface area contributed by atoms with Gasteiger partial charge in [-0.2, -0.15) is 13.2 Å². The summed E-state index contributed by atoms with van der Waals surface area (Å²) in [7, 11) is -3.18. The minimum atomic E-state index is -4.88. The largest absolute Gasteiger partial charge is 0.497 e. The van der Waals surface area contributed by atoms with Gasteiger partial charge < -0.3 is 9.47 Å².